The molecule has 0 spiro atoms. The van der Waals surface area contributed by atoms with Crippen molar-refractivity contribution < 1.29 is 19.0 Å². The lowest BCUT2D eigenvalue weighted by Gasteiger charge is -2.12. The Morgan fingerprint density at radius 2 is 1.72 bits per heavy atom. The molecule has 0 aromatic heterocycles. The number of carbonyl (C=O) groups excluding carboxylic acids is 1. The van der Waals surface area contributed by atoms with Crippen LogP contribution >= 0.6 is 15.9 Å². The molecule has 0 aliphatic heterocycles. The Balaban J connectivity index is 1.95. The number of methoxy groups -OCH3 is 2. The van der Waals surface area contributed by atoms with E-state index < -0.39 is 0 Å². The van der Waals surface area contributed by atoms with Crippen LogP contribution < -0.4 is 19.5 Å². The molecular weight excluding hydrogens is 386 g/mol. The fourth-order valence-electron chi connectivity index (χ4n) is 2.36. The van der Waals surface area contributed by atoms with Crippen molar-refractivity contribution >= 4 is 27.5 Å². The third-order valence-corrected chi connectivity index (χ3v) is 4.36. The molecule has 0 saturated carbocycles. The van der Waals surface area contributed by atoms with Gasteiger partial charge < -0.3 is 19.5 Å². The standard InChI is InChI=1S/C19H22BrNO4/c1-4-25-15-8-6-14(7-9-15)21-19(22)10-5-13-11-17(23-2)18(24-3)12-16(13)20/h6-9,11-12H,4-5,10H2,1-3H3,(H,21,22). The lowest BCUT2D eigenvalue weighted by Crippen LogP contribution is -2.12. The van der Waals surface area contributed by atoms with E-state index in [2.05, 4.69) is 21.2 Å². The summed E-state index contributed by atoms with van der Waals surface area (Å²) in [6, 6.07) is 11.1. The first-order valence-corrected chi connectivity index (χ1v) is 8.79. The number of carbonyl (C=O) groups is 1. The first-order valence-electron chi connectivity index (χ1n) is 8.00. The highest BCUT2D eigenvalue weighted by Gasteiger charge is 2.11. The minimum atomic E-state index is -0.0501. The second kappa shape index (κ2) is 9.32. The second-order valence-corrected chi connectivity index (χ2v) is 6.16. The van der Waals surface area contributed by atoms with Gasteiger partial charge in [0, 0.05) is 16.6 Å². The molecule has 2 aromatic carbocycles. The van der Waals surface area contributed by atoms with Crippen molar-refractivity contribution in [3.63, 3.8) is 0 Å². The Labute approximate surface area is 156 Å². The average Bonchev–Trinajstić information content (AvgIpc) is 2.62. The summed E-state index contributed by atoms with van der Waals surface area (Å²) < 4.78 is 16.8. The monoisotopic (exact) mass is 407 g/mol. The summed E-state index contributed by atoms with van der Waals surface area (Å²) >= 11 is 3.51. The van der Waals surface area contributed by atoms with Gasteiger partial charge in [0.25, 0.3) is 0 Å². The Morgan fingerprint density at radius 1 is 1.08 bits per heavy atom. The molecule has 134 valence electrons. The van der Waals surface area contributed by atoms with Crippen LogP contribution in [0.25, 0.3) is 0 Å². The zero-order chi connectivity index (χ0) is 18.2. The third kappa shape index (κ3) is 5.39. The molecule has 1 amide bonds. The van der Waals surface area contributed by atoms with Gasteiger partial charge in [-0.15, -0.1) is 0 Å². The van der Waals surface area contributed by atoms with Crippen LogP contribution in [0, 0.1) is 0 Å². The van der Waals surface area contributed by atoms with Gasteiger partial charge >= 0.3 is 0 Å². The maximum atomic E-state index is 12.2. The summed E-state index contributed by atoms with van der Waals surface area (Å²) in [5, 5.41) is 2.89. The van der Waals surface area contributed by atoms with Gasteiger partial charge in [0.15, 0.2) is 11.5 Å². The molecule has 2 rings (SSSR count). The summed E-state index contributed by atoms with van der Waals surface area (Å²) in [6.07, 6.45) is 0.949. The largest absolute Gasteiger partial charge is 0.494 e. The van der Waals surface area contributed by atoms with E-state index in [4.69, 9.17) is 14.2 Å². The van der Waals surface area contributed by atoms with E-state index in [1.165, 1.54) is 0 Å². The highest BCUT2D eigenvalue weighted by molar-refractivity contribution is 9.10. The molecule has 0 unspecified atom stereocenters. The van der Waals surface area contributed by atoms with Gasteiger partial charge in [-0.05, 0) is 55.3 Å². The van der Waals surface area contributed by atoms with Crippen LogP contribution in [0.15, 0.2) is 40.9 Å². The number of aryl methyl sites for hydroxylation is 1. The van der Waals surface area contributed by atoms with Crippen LogP contribution in [0.4, 0.5) is 5.69 Å². The third-order valence-electron chi connectivity index (χ3n) is 3.62. The fraction of sp³-hybridized carbons (Fsp3) is 0.316. The van der Waals surface area contributed by atoms with Gasteiger partial charge in [0.2, 0.25) is 5.91 Å². The molecule has 0 aliphatic rings. The van der Waals surface area contributed by atoms with Crippen molar-refractivity contribution in [1.82, 2.24) is 0 Å². The molecule has 5 nitrogen and oxygen atoms in total. The number of rotatable bonds is 8. The Kier molecular flexibility index (Phi) is 7.13. The van der Waals surface area contributed by atoms with Crippen LogP contribution in [-0.2, 0) is 11.2 Å². The number of amides is 1. The van der Waals surface area contributed by atoms with Gasteiger partial charge in [-0.1, -0.05) is 15.9 Å². The Morgan fingerprint density at radius 3 is 2.32 bits per heavy atom. The topological polar surface area (TPSA) is 56.8 Å². The Bertz CT molecular complexity index is 716. The first-order chi connectivity index (χ1) is 12.1. The van der Waals surface area contributed by atoms with Crippen molar-refractivity contribution in [2.24, 2.45) is 0 Å². The predicted molar refractivity (Wildman–Crippen MR) is 102 cm³/mol. The van der Waals surface area contributed by atoms with Crippen LogP contribution in [0.2, 0.25) is 0 Å². The quantitative estimate of drug-likeness (QED) is 0.702. The number of hydrogen-bond donors (Lipinski definition) is 1. The number of ether oxygens (including phenoxy) is 3. The van der Waals surface area contributed by atoms with Crippen LogP contribution in [-0.4, -0.2) is 26.7 Å². The van der Waals surface area contributed by atoms with Crippen molar-refractivity contribution in [2.45, 2.75) is 19.8 Å². The van der Waals surface area contributed by atoms with Crippen molar-refractivity contribution in [3.05, 3.63) is 46.4 Å². The van der Waals surface area contributed by atoms with Gasteiger partial charge in [0.1, 0.15) is 5.75 Å². The molecule has 0 heterocycles. The molecule has 0 aliphatic carbocycles. The molecule has 0 atom stereocenters. The summed E-state index contributed by atoms with van der Waals surface area (Å²) in [5.74, 6) is 2.03. The summed E-state index contributed by atoms with van der Waals surface area (Å²) in [4.78, 5) is 12.2. The smallest absolute Gasteiger partial charge is 0.224 e. The van der Waals surface area contributed by atoms with Crippen molar-refractivity contribution in [3.8, 4) is 17.2 Å². The predicted octanol–water partition coefficient (Wildman–Crippen LogP) is 4.44. The van der Waals surface area contributed by atoms with Gasteiger partial charge in [-0.3, -0.25) is 4.79 Å². The summed E-state index contributed by atoms with van der Waals surface area (Å²) in [5.41, 5.74) is 1.74. The maximum Gasteiger partial charge on any atom is 0.224 e. The maximum absolute atomic E-state index is 12.2. The normalized spacial score (nSPS) is 10.2. The van der Waals surface area contributed by atoms with Crippen LogP contribution in [0.3, 0.4) is 0 Å². The SMILES string of the molecule is CCOc1ccc(NC(=O)CCc2cc(OC)c(OC)cc2Br)cc1. The Hall–Kier alpha value is -2.21. The minimum Gasteiger partial charge on any atom is -0.494 e. The average molecular weight is 408 g/mol. The van der Waals surface area contributed by atoms with Gasteiger partial charge in [0.05, 0.1) is 20.8 Å². The number of hydrogen-bond acceptors (Lipinski definition) is 4. The molecule has 0 radical (unpaired) electrons. The van der Waals surface area contributed by atoms with E-state index in [1.807, 2.05) is 43.3 Å². The molecule has 0 bridgehead atoms. The van der Waals surface area contributed by atoms with E-state index in [1.54, 1.807) is 14.2 Å². The van der Waals surface area contributed by atoms with E-state index in [0.717, 1.165) is 21.5 Å². The zero-order valence-electron chi connectivity index (χ0n) is 14.6. The highest BCUT2D eigenvalue weighted by Crippen LogP contribution is 2.33. The molecule has 2 aromatic rings. The number of anilines is 1. The van der Waals surface area contributed by atoms with E-state index in [9.17, 15) is 4.79 Å². The molecule has 1 N–H and O–H groups in total. The zero-order valence-corrected chi connectivity index (χ0v) is 16.2. The highest BCUT2D eigenvalue weighted by atomic mass is 79.9. The van der Waals surface area contributed by atoms with Crippen LogP contribution in [0.5, 0.6) is 17.2 Å². The lowest BCUT2D eigenvalue weighted by molar-refractivity contribution is -0.116. The second-order valence-electron chi connectivity index (χ2n) is 5.30. The number of nitrogens with one attached hydrogen (secondary N) is 1. The lowest BCUT2D eigenvalue weighted by atomic mass is 10.1. The molecule has 0 saturated heterocycles. The number of benzene rings is 2. The van der Waals surface area contributed by atoms with E-state index >= 15 is 0 Å². The minimum absolute atomic E-state index is 0.0501. The molecule has 25 heavy (non-hydrogen) atoms. The molecule has 0 fully saturated rings. The number of halogens is 1. The van der Waals surface area contributed by atoms with Crippen molar-refractivity contribution in [1.29, 1.82) is 0 Å². The van der Waals surface area contributed by atoms with Gasteiger partial charge in [-0.2, -0.15) is 0 Å². The van der Waals surface area contributed by atoms with E-state index in [-0.39, 0.29) is 5.91 Å². The van der Waals surface area contributed by atoms with Crippen molar-refractivity contribution in [2.75, 3.05) is 26.1 Å². The fourth-order valence-corrected chi connectivity index (χ4v) is 2.88. The summed E-state index contributed by atoms with van der Waals surface area (Å²) in [6.45, 7) is 2.55. The first kappa shape index (κ1) is 19.1. The summed E-state index contributed by atoms with van der Waals surface area (Å²) in [7, 11) is 3.18. The molecule has 6 heteroatoms. The van der Waals surface area contributed by atoms with E-state index in [0.29, 0.717) is 30.9 Å². The van der Waals surface area contributed by atoms with Crippen LogP contribution in [0.1, 0.15) is 18.9 Å². The molecular formula is C19H22BrNO4. The van der Waals surface area contributed by atoms with Gasteiger partial charge in [-0.25, -0.2) is 0 Å².